The van der Waals surface area contributed by atoms with E-state index in [1.54, 1.807) is 29.7 Å². The van der Waals surface area contributed by atoms with Crippen molar-refractivity contribution >= 4 is 28.4 Å². The highest BCUT2D eigenvalue weighted by molar-refractivity contribution is 6.07. The lowest BCUT2D eigenvalue weighted by Crippen LogP contribution is -2.35. The van der Waals surface area contributed by atoms with E-state index in [4.69, 9.17) is 9.94 Å². The van der Waals surface area contributed by atoms with Crippen LogP contribution in [0.3, 0.4) is 0 Å². The standard InChI is InChI=1S/C23H24FN3O5/c1-32-17-9-7-16(8-10-17)27(12-4-2-3-5-21(28)26-31)23(30)19-14-25-20-11-6-15(24)13-18(20)22(19)29/h6-11,13-14,31H,2-5,12H2,1H3,(H,25,29)(H,26,28). The Morgan fingerprint density at radius 1 is 1.12 bits per heavy atom. The molecule has 9 heteroatoms. The largest absolute Gasteiger partial charge is 0.497 e. The van der Waals surface area contributed by atoms with E-state index in [2.05, 4.69) is 4.98 Å². The van der Waals surface area contributed by atoms with Gasteiger partial charge in [0.25, 0.3) is 5.91 Å². The Labute approximate surface area is 183 Å². The fourth-order valence-electron chi connectivity index (χ4n) is 3.39. The normalized spacial score (nSPS) is 10.7. The Morgan fingerprint density at radius 2 is 1.88 bits per heavy atom. The monoisotopic (exact) mass is 441 g/mol. The van der Waals surface area contributed by atoms with Crippen molar-refractivity contribution in [3.63, 3.8) is 0 Å². The third-order valence-electron chi connectivity index (χ3n) is 5.11. The van der Waals surface area contributed by atoms with E-state index in [1.165, 1.54) is 30.3 Å². The summed E-state index contributed by atoms with van der Waals surface area (Å²) < 4.78 is 18.8. The molecule has 0 saturated heterocycles. The van der Waals surface area contributed by atoms with Gasteiger partial charge < -0.3 is 14.6 Å². The maximum atomic E-state index is 13.7. The first-order valence-corrected chi connectivity index (χ1v) is 10.1. The lowest BCUT2D eigenvalue weighted by molar-refractivity contribution is -0.129. The number of H-pyrrole nitrogens is 1. The quantitative estimate of drug-likeness (QED) is 0.268. The summed E-state index contributed by atoms with van der Waals surface area (Å²) in [5.41, 5.74) is 1.94. The van der Waals surface area contributed by atoms with E-state index >= 15 is 0 Å². The molecule has 0 atom stereocenters. The van der Waals surface area contributed by atoms with Gasteiger partial charge in [-0.05, 0) is 55.3 Å². The van der Waals surface area contributed by atoms with E-state index in [1.807, 2.05) is 0 Å². The number of benzene rings is 2. The van der Waals surface area contributed by atoms with E-state index < -0.39 is 23.1 Å². The van der Waals surface area contributed by atoms with Crippen molar-refractivity contribution in [2.75, 3.05) is 18.6 Å². The maximum absolute atomic E-state index is 13.7. The first-order chi connectivity index (χ1) is 15.4. The Morgan fingerprint density at radius 3 is 2.56 bits per heavy atom. The van der Waals surface area contributed by atoms with Gasteiger partial charge in [-0.2, -0.15) is 0 Å². The van der Waals surface area contributed by atoms with Crippen molar-refractivity contribution in [3.05, 3.63) is 70.3 Å². The highest BCUT2D eigenvalue weighted by Gasteiger charge is 2.21. The number of aromatic nitrogens is 1. The predicted molar refractivity (Wildman–Crippen MR) is 118 cm³/mol. The molecule has 3 rings (SSSR count). The molecule has 2 amide bonds. The molecule has 3 aromatic rings. The zero-order chi connectivity index (χ0) is 23.1. The molecule has 0 spiro atoms. The number of hydrogen-bond acceptors (Lipinski definition) is 5. The molecule has 1 heterocycles. The topological polar surface area (TPSA) is 112 Å². The van der Waals surface area contributed by atoms with Crippen LogP contribution in [0.5, 0.6) is 5.75 Å². The highest BCUT2D eigenvalue weighted by Crippen LogP contribution is 2.22. The first-order valence-electron chi connectivity index (χ1n) is 10.1. The number of nitrogens with zero attached hydrogens (tertiary/aromatic N) is 1. The Kier molecular flexibility index (Phi) is 7.56. The molecular formula is C23H24FN3O5. The molecule has 32 heavy (non-hydrogen) atoms. The smallest absolute Gasteiger partial charge is 0.263 e. The number of unbranched alkanes of at least 4 members (excludes halogenated alkanes) is 2. The van der Waals surface area contributed by atoms with Gasteiger partial charge in [-0.25, -0.2) is 9.87 Å². The van der Waals surface area contributed by atoms with Crippen LogP contribution in [0.25, 0.3) is 10.9 Å². The number of hydroxylamine groups is 1. The number of rotatable bonds is 9. The van der Waals surface area contributed by atoms with E-state index in [0.29, 0.717) is 42.8 Å². The molecule has 3 N–H and O–H groups in total. The molecule has 0 aliphatic rings. The Balaban J connectivity index is 1.87. The molecule has 2 aromatic carbocycles. The van der Waals surface area contributed by atoms with Gasteiger partial charge in [0.1, 0.15) is 17.1 Å². The fourth-order valence-corrected chi connectivity index (χ4v) is 3.39. The van der Waals surface area contributed by atoms with Crippen molar-refractivity contribution in [2.45, 2.75) is 25.7 Å². The molecule has 0 radical (unpaired) electrons. The molecule has 0 aliphatic heterocycles. The van der Waals surface area contributed by atoms with Crippen LogP contribution in [0.15, 0.2) is 53.5 Å². The van der Waals surface area contributed by atoms with Crippen molar-refractivity contribution < 1.29 is 23.9 Å². The molecule has 0 saturated carbocycles. The van der Waals surface area contributed by atoms with Gasteiger partial charge in [-0.3, -0.25) is 19.6 Å². The molecule has 1 aromatic heterocycles. The first kappa shape index (κ1) is 23.0. The molecule has 8 nitrogen and oxygen atoms in total. The number of anilines is 1. The minimum absolute atomic E-state index is 0.0977. The van der Waals surface area contributed by atoms with E-state index in [9.17, 15) is 18.8 Å². The number of ether oxygens (including phenoxy) is 1. The van der Waals surface area contributed by atoms with Crippen LogP contribution in [0.2, 0.25) is 0 Å². The summed E-state index contributed by atoms with van der Waals surface area (Å²) >= 11 is 0. The average molecular weight is 441 g/mol. The summed E-state index contributed by atoms with van der Waals surface area (Å²) in [6.45, 7) is 0.298. The molecule has 0 bridgehead atoms. The van der Waals surface area contributed by atoms with Crippen molar-refractivity contribution in [1.82, 2.24) is 10.5 Å². The number of hydrogen-bond donors (Lipinski definition) is 3. The fraction of sp³-hybridized carbons (Fsp3) is 0.261. The van der Waals surface area contributed by atoms with Crippen LogP contribution >= 0.6 is 0 Å². The van der Waals surface area contributed by atoms with Crippen LogP contribution in [0.1, 0.15) is 36.0 Å². The van der Waals surface area contributed by atoms with Gasteiger partial charge in [-0.15, -0.1) is 0 Å². The van der Waals surface area contributed by atoms with Crippen LogP contribution in [-0.2, 0) is 4.79 Å². The number of pyridine rings is 1. The number of aromatic amines is 1. The highest BCUT2D eigenvalue weighted by atomic mass is 19.1. The van der Waals surface area contributed by atoms with Gasteiger partial charge in [-0.1, -0.05) is 6.42 Å². The molecular weight excluding hydrogens is 417 g/mol. The number of carbonyl (C=O) groups excluding carboxylic acids is 2. The average Bonchev–Trinajstić information content (AvgIpc) is 2.81. The summed E-state index contributed by atoms with van der Waals surface area (Å²) in [5.74, 6) is -0.930. The zero-order valence-electron chi connectivity index (χ0n) is 17.6. The Bertz CT molecular complexity index is 1160. The number of amides is 2. The number of carbonyl (C=O) groups is 2. The third kappa shape index (κ3) is 5.30. The van der Waals surface area contributed by atoms with E-state index in [-0.39, 0.29) is 17.4 Å². The van der Waals surface area contributed by atoms with Crippen molar-refractivity contribution in [2.24, 2.45) is 0 Å². The second-order valence-corrected chi connectivity index (χ2v) is 7.22. The Hall–Kier alpha value is -3.72. The summed E-state index contributed by atoms with van der Waals surface area (Å²) in [4.78, 5) is 41.8. The predicted octanol–water partition coefficient (Wildman–Crippen LogP) is 3.39. The van der Waals surface area contributed by atoms with Gasteiger partial charge in [0.15, 0.2) is 0 Å². The maximum Gasteiger partial charge on any atom is 0.263 e. The lowest BCUT2D eigenvalue weighted by atomic mass is 10.1. The molecule has 0 unspecified atom stereocenters. The summed E-state index contributed by atoms with van der Waals surface area (Å²) in [6, 6.07) is 10.6. The third-order valence-corrected chi connectivity index (χ3v) is 5.11. The van der Waals surface area contributed by atoms with Crippen LogP contribution in [0.4, 0.5) is 10.1 Å². The summed E-state index contributed by atoms with van der Waals surface area (Å²) in [7, 11) is 1.54. The zero-order valence-corrected chi connectivity index (χ0v) is 17.6. The number of fused-ring (bicyclic) bond motifs is 1. The van der Waals surface area contributed by atoms with Crippen molar-refractivity contribution in [3.8, 4) is 5.75 Å². The van der Waals surface area contributed by atoms with Crippen LogP contribution in [-0.4, -0.2) is 35.7 Å². The number of methoxy groups -OCH3 is 1. The molecule has 0 fully saturated rings. The van der Waals surface area contributed by atoms with Gasteiger partial charge in [0.05, 0.1) is 7.11 Å². The molecule has 0 aliphatic carbocycles. The molecule has 168 valence electrons. The van der Waals surface area contributed by atoms with Gasteiger partial charge in [0.2, 0.25) is 11.3 Å². The van der Waals surface area contributed by atoms with Crippen LogP contribution < -0.4 is 20.5 Å². The second kappa shape index (κ2) is 10.5. The lowest BCUT2D eigenvalue weighted by Gasteiger charge is -2.23. The van der Waals surface area contributed by atoms with Crippen LogP contribution in [0, 0.1) is 5.82 Å². The summed E-state index contributed by atoms with van der Waals surface area (Å²) in [5, 5.41) is 8.67. The SMILES string of the molecule is COc1ccc(N(CCCCCC(=O)NO)C(=O)c2c[nH]c3ccc(F)cc3c2=O)cc1. The van der Waals surface area contributed by atoms with Crippen molar-refractivity contribution in [1.29, 1.82) is 0 Å². The second-order valence-electron chi connectivity index (χ2n) is 7.22. The summed E-state index contributed by atoms with van der Waals surface area (Å²) in [6.07, 6.45) is 3.24. The van der Waals surface area contributed by atoms with Gasteiger partial charge in [0, 0.05) is 35.8 Å². The van der Waals surface area contributed by atoms with Gasteiger partial charge >= 0.3 is 0 Å². The minimum atomic E-state index is -0.563. The number of nitrogens with one attached hydrogen (secondary N) is 2. The van der Waals surface area contributed by atoms with E-state index in [0.717, 1.165) is 6.07 Å². The number of halogens is 1. The minimum Gasteiger partial charge on any atom is -0.497 e.